The third-order valence-corrected chi connectivity index (χ3v) is 4.12. The molecule has 2 N–H and O–H groups in total. The minimum atomic E-state index is -0.736. The molecule has 8 heteroatoms. The zero-order valence-electron chi connectivity index (χ0n) is 15.2. The van der Waals surface area contributed by atoms with Crippen LogP contribution in [0, 0.1) is 0 Å². The Morgan fingerprint density at radius 3 is 2.46 bits per heavy atom. The molecule has 0 saturated heterocycles. The van der Waals surface area contributed by atoms with Gasteiger partial charge in [0, 0.05) is 16.8 Å². The summed E-state index contributed by atoms with van der Waals surface area (Å²) in [5.74, 6) is -0.502. The molecule has 0 saturated carbocycles. The number of nitrogens with one attached hydrogen (secondary N) is 2. The molecule has 2 amide bonds. The van der Waals surface area contributed by atoms with Crippen molar-refractivity contribution in [3.05, 3.63) is 76.9 Å². The highest BCUT2D eigenvalue weighted by molar-refractivity contribution is 6.30. The van der Waals surface area contributed by atoms with Crippen LogP contribution in [-0.4, -0.2) is 28.4 Å². The van der Waals surface area contributed by atoms with Crippen molar-refractivity contribution in [2.75, 3.05) is 6.61 Å². The van der Waals surface area contributed by atoms with Gasteiger partial charge in [-0.05, 0) is 24.6 Å². The molecule has 0 aliphatic carbocycles. The van der Waals surface area contributed by atoms with E-state index in [1.807, 2.05) is 30.3 Å². The molecule has 0 fully saturated rings. The van der Waals surface area contributed by atoms with Crippen LogP contribution in [0.25, 0.3) is 11.3 Å². The van der Waals surface area contributed by atoms with Crippen LogP contribution >= 0.6 is 11.6 Å². The van der Waals surface area contributed by atoms with Gasteiger partial charge in [-0.15, -0.1) is 0 Å². The summed E-state index contributed by atoms with van der Waals surface area (Å²) in [4.78, 5) is 24.1. The van der Waals surface area contributed by atoms with Crippen LogP contribution in [0.4, 0.5) is 4.79 Å². The van der Waals surface area contributed by atoms with Crippen LogP contribution in [0.5, 0.6) is 0 Å². The monoisotopic (exact) mass is 398 g/mol. The second-order valence-electron chi connectivity index (χ2n) is 5.88. The third-order valence-electron chi connectivity index (χ3n) is 3.86. The molecule has 28 heavy (non-hydrogen) atoms. The Balaban J connectivity index is 1.88. The first-order valence-corrected chi connectivity index (χ1v) is 9.05. The number of hydrogen-bond acceptors (Lipinski definition) is 4. The van der Waals surface area contributed by atoms with Crippen molar-refractivity contribution in [3.8, 4) is 11.3 Å². The topological polar surface area (TPSA) is 85.3 Å². The fourth-order valence-electron chi connectivity index (χ4n) is 2.60. The maximum atomic E-state index is 12.6. The molecule has 1 heterocycles. The van der Waals surface area contributed by atoms with E-state index in [9.17, 15) is 9.59 Å². The predicted octanol–water partition coefficient (Wildman–Crippen LogP) is 3.64. The van der Waals surface area contributed by atoms with E-state index >= 15 is 0 Å². The number of ether oxygens (including phenoxy) is 1. The van der Waals surface area contributed by atoms with Gasteiger partial charge in [-0.1, -0.05) is 54.1 Å². The normalized spacial score (nSPS) is 10.4. The maximum Gasteiger partial charge on any atom is 0.426 e. The molecule has 0 spiro atoms. The van der Waals surface area contributed by atoms with Crippen molar-refractivity contribution in [1.29, 1.82) is 0 Å². The molecule has 2 aromatic carbocycles. The van der Waals surface area contributed by atoms with Gasteiger partial charge in [0.25, 0.3) is 5.91 Å². The first-order chi connectivity index (χ1) is 13.6. The van der Waals surface area contributed by atoms with Gasteiger partial charge in [-0.3, -0.25) is 14.9 Å². The van der Waals surface area contributed by atoms with E-state index in [4.69, 9.17) is 16.3 Å². The average molecular weight is 399 g/mol. The Bertz CT molecular complexity index is 955. The maximum absolute atomic E-state index is 12.6. The second-order valence-corrected chi connectivity index (χ2v) is 6.32. The Morgan fingerprint density at radius 1 is 1.07 bits per heavy atom. The van der Waals surface area contributed by atoms with Crippen LogP contribution in [0.15, 0.2) is 60.8 Å². The lowest BCUT2D eigenvalue weighted by Gasteiger charge is -2.07. The van der Waals surface area contributed by atoms with Gasteiger partial charge in [0.1, 0.15) is 5.69 Å². The second kappa shape index (κ2) is 9.05. The number of nitrogens with zero attached hydrogens (tertiary/aromatic N) is 2. The summed E-state index contributed by atoms with van der Waals surface area (Å²) in [5, 5.41) is 5.14. The highest BCUT2D eigenvalue weighted by atomic mass is 35.5. The molecule has 0 aliphatic heterocycles. The summed E-state index contributed by atoms with van der Waals surface area (Å²) in [6.45, 7) is 2.38. The molecular formula is C20H19ClN4O3. The first-order valence-electron chi connectivity index (χ1n) is 8.67. The molecule has 0 aliphatic rings. The fourth-order valence-corrected chi connectivity index (χ4v) is 2.73. The number of rotatable bonds is 5. The summed E-state index contributed by atoms with van der Waals surface area (Å²) in [6, 6.07) is 16.8. The Labute approximate surface area is 167 Å². The van der Waals surface area contributed by atoms with Crippen molar-refractivity contribution < 1.29 is 14.3 Å². The van der Waals surface area contributed by atoms with E-state index < -0.39 is 12.0 Å². The summed E-state index contributed by atoms with van der Waals surface area (Å²) in [5.41, 5.74) is 7.13. The number of aromatic nitrogens is 2. The fraction of sp³-hybridized carbons (Fsp3) is 0.150. The highest BCUT2D eigenvalue weighted by Gasteiger charge is 2.19. The third kappa shape index (κ3) is 4.89. The molecule has 3 rings (SSSR count). The van der Waals surface area contributed by atoms with Crippen LogP contribution in [0.2, 0.25) is 5.02 Å². The van der Waals surface area contributed by atoms with E-state index in [-0.39, 0.29) is 6.61 Å². The summed E-state index contributed by atoms with van der Waals surface area (Å²) >= 11 is 5.96. The van der Waals surface area contributed by atoms with Crippen molar-refractivity contribution in [2.45, 2.75) is 13.5 Å². The number of carbonyl (C=O) groups is 2. The van der Waals surface area contributed by atoms with Crippen molar-refractivity contribution in [2.24, 2.45) is 0 Å². The van der Waals surface area contributed by atoms with Crippen LogP contribution < -0.4 is 10.9 Å². The average Bonchev–Trinajstić information content (AvgIpc) is 3.11. The van der Waals surface area contributed by atoms with E-state index in [1.54, 1.807) is 42.1 Å². The number of carbonyl (C=O) groups excluding carboxylic acids is 2. The van der Waals surface area contributed by atoms with Gasteiger partial charge in [0.15, 0.2) is 0 Å². The van der Waals surface area contributed by atoms with Crippen LogP contribution in [-0.2, 0) is 11.3 Å². The van der Waals surface area contributed by atoms with Crippen LogP contribution in [0.3, 0.4) is 0 Å². The standard InChI is InChI=1S/C20H19ClN4O3/c1-2-28-20(27)23-22-19(26)17-13-25(12-14-6-4-3-5-7-14)24-18(17)15-8-10-16(21)11-9-15/h3-11,13H,2,12H2,1H3,(H,22,26)(H,23,27). The predicted molar refractivity (Wildman–Crippen MR) is 106 cm³/mol. The number of benzene rings is 2. The smallest absolute Gasteiger partial charge is 0.426 e. The quantitative estimate of drug-likeness (QED) is 0.642. The van der Waals surface area contributed by atoms with E-state index in [0.717, 1.165) is 11.1 Å². The molecule has 0 bridgehead atoms. The number of halogens is 1. The molecule has 7 nitrogen and oxygen atoms in total. The van der Waals surface area contributed by atoms with Crippen molar-refractivity contribution in [3.63, 3.8) is 0 Å². The molecule has 144 valence electrons. The van der Waals surface area contributed by atoms with Gasteiger partial charge in [0.05, 0.1) is 18.7 Å². The van der Waals surface area contributed by atoms with Crippen LogP contribution in [0.1, 0.15) is 22.8 Å². The molecule has 3 aromatic rings. The zero-order chi connectivity index (χ0) is 19.9. The zero-order valence-corrected chi connectivity index (χ0v) is 15.9. The number of hydrazine groups is 1. The largest absolute Gasteiger partial charge is 0.449 e. The molecule has 0 radical (unpaired) electrons. The summed E-state index contributed by atoms with van der Waals surface area (Å²) < 4.78 is 6.42. The Morgan fingerprint density at radius 2 is 1.79 bits per heavy atom. The Hall–Kier alpha value is -3.32. The highest BCUT2D eigenvalue weighted by Crippen LogP contribution is 2.24. The summed E-state index contributed by atoms with van der Waals surface area (Å²) in [7, 11) is 0. The molecule has 0 atom stereocenters. The lowest BCUT2D eigenvalue weighted by Crippen LogP contribution is -2.42. The lowest BCUT2D eigenvalue weighted by molar-refractivity contribution is 0.0913. The first kappa shape index (κ1) is 19.4. The lowest BCUT2D eigenvalue weighted by atomic mass is 10.1. The number of amides is 2. The minimum absolute atomic E-state index is 0.201. The van der Waals surface area contributed by atoms with Crippen molar-refractivity contribution in [1.82, 2.24) is 20.6 Å². The van der Waals surface area contributed by atoms with E-state index in [2.05, 4.69) is 16.0 Å². The van der Waals surface area contributed by atoms with E-state index in [1.165, 1.54) is 0 Å². The van der Waals surface area contributed by atoms with Gasteiger partial charge >= 0.3 is 6.09 Å². The molecule has 1 aromatic heterocycles. The number of hydrogen-bond donors (Lipinski definition) is 2. The van der Waals surface area contributed by atoms with Gasteiger partial charge in [-0.25, -0.2) is 10.2 Å². The SMILES string of the molecule is CCOC(=O)NNC(=O)c1cn(Cc2ccccc2)nc1-c1ccc(Cl)cc1. The summed E-state index contributed by atoms with van der Waals surface area (Å²) in [6.07, 6.45) is 0.902. The van der Waals surface area contributed by atoms with E-state index in [0.29, 0.717) is 22.8 Å². The van der Waals surface area contributed by atoms with Crippen molar-refractivity contribution >= 4 is 23.6 Å². The van der Waals surface area contributed by atoms with Gasteiger partial charge in [0.2, 0.25) is 0 Å². The minimum Gasteiger partial charge on any atom is -0.449 e. The van der Waals surface area contributed by atoms with Gasteiger partial charge in [-0.2, -0.15) is 5.10 Å². The molecule has 0 unspecified atom stereocenters. The molecular weight excluding hydrogens is 380 g/mol. The Kier molecular flexibility index (Phi) is 6.29. The van der Waals surface area contributed by atoms with Gasteiger partial charge < -0.3 is 4.74 Å².